The number of Topliss-reactive ketones (excluding diaryl/α,β-unsaturated/α-hetero) is 1. The van der Waals surface area contributed by atoms with Crippen LogP contribution in [0.3, 0.4) is 0 Å². The molecule has 0 aliphatic carbocycles. The van der Waals surface area contributed by atoms with Crippen molar-refractivity contribution in [2.24, 2.45) is 0 Å². The van der Waals surface area contributed by atoms with Crippen LogP contribution in [0.2, 0.25) is 4.34 Å². The molecule has 1 aliphatic heterocycles. The van der Waals surface area contributed by atoms with Crippen LogP contribution in [0.5, 0.6) is 0 Å². The first-order valence-electron chi connectivity index (χ1n) is 7.15. The van der Waals surface area contributed by atoms with E-state index >= 15 is 0 Å². The molecule has 1 aliphatic rings. The number of hydrogen-bond acceptors (Lipinski definition) is 3. The Bertz CT molecular complexity index is 433. The van der Waals surface area contributed by atoms with E-state index in [1.165, 1.54) is 24.2 Å². The summed E-state index contributed by atoms with van der Waals surface area (Å²) in [5, 5.41) is 0. The Labute approximate surface area is 124 Å². The lowest BCUT2D eigenvalue weighted by atomic mass is 9.84. The van der Waals surface area contributed by atoms with Gasteiger partial charge in [0, 0.05) is 11.3 Å². The maximum absolute atomic E-state index is 12.8. The number of likely N-dealkylation sites (tertiary alicyclic amines) is 1. The summed E-state index contributed by atoms with van der Waals surface area (Å²) < 4.78 is 0.766. The van der Waals surface area contributed by atoms with Crippen LogP contribution in [0.15, 0.2) is 12.1 Å². The van der Waals surface area contributed by atoms with E-state index in [0.717, 1.165) is 35.1 Å². The average Bonchev–Trinajstić information content (AvgIpc) is 3.04. The topological polar surface area (TPSA) is 20.3 Å². The Hall–Kier alpha value is -0.380. The zero-order valence-corrected chi connectivity index (χ0v) is 13.3. The fraction of sp³-hybridized carbons (Fsp3) is 0.667. The minimum Gasteiger partial charge on any atom is -0.297 e. The van der Waals surface area contributed by atoms with Gasteiger partial charge in [-0.2, -0.15) is 0 Å². The predicted octanol–water partition coefficient (Wildman–Crippen LogP) is 4.17. The second-order valence-corrected chi connectivity index (χ2v) is 7.04. The zero-order chi connectivity index (χ0) is 13.9. The van der Waals surface area contributed by atoms with E-state index in [4.69, 9.17) is 11.6 Å². The fourth-order valence-electron chi connectivity index (χ4n) is 3.18. The van der Waals surface area contributed by atoms with Crippen molar-refractivity contribution in [3.63, 3.8) is 0 Å². The van der Waals surface area contributed by atoms with E-state index in [1.54, 1.807) is 0 Å². The summed E-state index contributed by atoms with van der Waals surface area (Å²) in [5.74, 6) is 0.359. The maximum Gasteiger partial charge on any atom is 0.158 e. The molecule has 2 nitrogen and oxygen atoms in total. The molecule has 0 spiro atoms. The smallest absolute Gasteiger partial charge is 0.158 e. The van der Waals surface area contributed by atoms with Gasteiger partial charge in [-0.05, 0) is 50.9 Å². The van der Waals surface area contributed by atoms with Crippen molar-refractivity contribution in [1.82, 2.24) is 4.90 Å². The van der Waals surface area contributed by atoms with Crippen molar-refractivity contribution in [3.8, 4) is 0 Å². The second-order valence-electron chi connectivity index (χ2n) is 5.24. The van der Waals surface area contributed by atoms with Crippen LogP contribution in [-0.4, -0.2) is 29.3 Å². The summed E-state index contributed by atoms with van der Waals surface area (Å²) >= 11 is 7.47. The number of carbonyl (C=O) groups is 1. The zero-order valence-electron chi connectivity index (χ0n) is 11.7. The number of thiophene rings is 1. The Balaban J connectivity index is 2.15. The highest BCUT2D eigenvalue weighted by atomic mass is 35.5. The molecule has 0 amide bonds. The molecule has 1 saturated heterocycles. The molecule has 1 aromatic rings. The Kier molecular flexibility index (Phi) is 5.04. The molecule has 19 heavy (non-hydrogen) atoms. The summed E-state index contributed by atoms with van der Waals surface area (Å²) in [6.45, 7) is 6.42. The maximum atomic E-state index is 12.8. The number of halogens is 1. The van der Waals surface area contributed by atoms with Gasteiger partial charge in [0.15, 0.2) is 5.78 Å². The second kappa shape index (κ2) is 6.38. The Morgan fingerprint density at radius 1 is 1.32 bits per heavy atom. The molecule has 0 saturated carbocycles. The molecule has 1 fully saturated rings. The highest BCUT2D eigenvalue weighted by molar-refractivity contribution is 7.16. The lowest BCUT2D eigenvalue weighted by Crippen LogP contribution is -2.53. The van der Waals surface area contributed by atoms with E-state index in [2.05, 4.69) is 18.7 Å². The van der Waals surface area contributed by atoms with Gasteiger partial charge in [-0.25, -0.2) is 0 Å². The molecule has 2 heterocycles. The molecule has 4 heteroatoms. The van der Waals surface area contributed by atoms with Gasteiger partial charge < -0.3 is 0 Å². The largest absolute Gasteiger partial charge is 0.297 e. The van der Waals surface area contributed by atoms with Crippen LogP contribution < -0.4 is 0 Å². The molecular formula is C15H22ClNOS. The van der Waals surface area contributed by atoms with Crippen molar-refractivity contribution in [3.05, 3.63) is 21.3 Å². The van der Waals surface area contributed by atoms with Crippen molar-refractivity contribution in [1.29, 1.82) is 0 Å². The molecule has 0 aromatic carbocycles. The van der Waals surface area contributed by atoms with E-state index in [0.29, 0.717) is 12.2 Å². The summed E-state index contributed by atoms with van der Waals surface area (Å²) in [5.41, 5.74) is -0.257. The van der Waals surface area contributed by atoms with Gasteiger partial charge in [-0.15, -0.1) is 11.3 Å². The van der Waals surface area contributed by atoms with Crippen LogP contribution >= 0.6 is 22.9 Å². The van der Waals surface area contributed by atoms with E-state index < -0.39 is 0 Å². The van der Waals surface area contributed by atoms with Gasteiger partial charge >= 0.3 is 0 Å². The minimum atomic E-state index is -0.257. The van der Waals surface area contributed by atoms with Crippen LogP contribution in [0.4, 0.5) is 0 Å². The third kappa shape index (κ3) is 3.04. The first kappa shape index (κ1) is 15.0. The SMILES string of the molecule is CCC(CC)(C(=O)Cc1ccc(Cl)s1)N1CCCC1. The summed E-state index contributed by atoms with van der Waals surface area (Å²) in [7, 11) is 0. The molecule has 1 aromatic heterocycles. The average molecular weight is 300 g/mol. The fourth-order valence-corrected chi connectivity index (χ4v) is 4.27. The number of carbonyl (C=O) groups excluding carboxylic acids is 1. The molecule has 0 N–H and O–H groups in total. The third-order valence-electron chi connectivity index (χ3n) is 4.36. The minimum absolute atomic E-state index is 0.257. The Morgan fingerprint density at radius 2 is 1.95 bits per heavy atom. The van der Waals surface area contributed by atoms with Gasteiger partial charge in [0.05, 0.1) is 9.88 Å². The van der Waals surface area contributed by atoms with Gasteiger partial charge in [-0.3, -0.25) is 9.69 Å². The lowest BCUT2D eigenvalue weighted by Gasteiger charge is -2.39. The lowest BCUT2D eigenvalue weighted by molar-refractivity contribution is -0.130. The van der Waals surface area contributed by atoms with Crippen LogP contribution in [-0.2, 0) is 11.2 Å². The van der Waals surface area contributed by atoms with E-state index in [9.17, 15) is 4.79 Å². The first-order valence-corrected chi connectivity index (χ1v) is 8.34. The Morgan fingerprint density at radius 3 is 2.42 bits per heavy atom. The van der Waals surface area contributed by atoms with E-state index in [1.807, 2.05) is 12.1 Å². The van der Waals surface area contributed by atoms with Gasteiger partial charge in [0.25, 0.3) is 0 Å². The van der Waals surface area contributed by atoms with Crippen LogP contribution in [0, 0.1) is 0 Å². The standard InChI is InChI=1S/C15H22ClNOS/c1-3-15(4-2,17-9-5-6-10-17)13(18)11-12-7-8-14(16)19-12/h7-8H,3-6,9-11H2,1-2H3. The van der Waals surface area contributed by atoms with Gasteiger partial charge in [0.2, 0.25) is 0 Å². The molecule has 106 valence electrons. The van der Waals surface area contributed by atoms with Crippen LogP contribution in [0.1, 0.15) is 44.4 Å². The predicted molar refractivity (Wildman–Crippen MR) is 82.2 cm³/mol. The highest BCUT2D eigenvalue weighted by Crippen LogP contribution is 2.31. The summed E-state index contributed by atoms with van der Waals surface area (Å²) in [6.07, 6.45) is 4.78. The molecule has 0 atom stereocenters. The molecule has 0 bridgehead atoms. The molecule has 2 rings (SSSR count). The van der Waals surface area contributed by atoms with Crippen molar-refractivity contribution in [2.75, 3.05) is 13.1 Å². The number of hydrogen-bond donors (Lipinski definition) is 0. The van der Waals surface area contributed by atoms with Crippen molar-refractivity contribution in [2.45, 2.75) is 51.5 Å². The quantitative estimate of drug-likeness (QED) is 0.786. The third-order valence-corrected chi connectivity index (χ3v) is 5.59. The first-order chi connectivity index (χ1) is 9.12. The number of ketones is 1. The normalized spacial score (nSPS) is 17.0. The van der Waals surface area contributed by atoms with E-state index in [-0.39, 0.29) is 5.54 Å². The van der Waals surface area contributed by atoms with Gasteiger partial charge in [0.1, 0.15) is 0 Å². The van der Waals surface area contributed by atoms with Crippen LogP contribution in [0.25, 0.3) is 0 Å². The van der Waals surface area contributed by atoms with Crippen molar-refractivity contribution < 1.29 is 4.79 Å². The molecule has 0 unspecified atom stereocenters. The summed E-state index contributed by atoms with van der Waals surface area (Å²) in [4.78, 5) is 16.3. The van der Waals surface area contributed by atoms with Crippen molar-refractivity contribution >= 4 is 28.7 Å². The molecular weight excluding hydrogens is 278 g/mol. The summed E-state index contributed by atoms with van der Waals surface area (Å²) in [6, 6.07) is 3.86. The highest BCUT2D eigenvalue weighted by Gasteiger charge is 2.41. The monoisotopic (exact) mass is 299 g/mol. The number of nitrogens with zero attached hydrogens (tertiary/aromatic N) is 1. The van der Waals surface area contributed by atoms with Gasteiger partial charge in [-0.1, -0.05) is 25.4 Å². The molecule has 0 radical (unpaired) electrons. The number of rotatable bonds is 6.